The van der Waals surface area contributed by atoms with Crippen LogP contribution < -0.4 is 11.1 Å². The lowest BCUT2D eigenvalue weighted by Gasteiger charge is -2.23. The molecular formula is C16H27N5O2. The van der Waals surface area contributed by atoms with E-state index in [9.17, 15) is 9.59 Å². The van der Waals surface area contributed by atoms with Gasteiger partial charge in [-0.05, 0) is 19.8 Å². The van der Waals surface area contributed by atoms with Gasteiger partial charge in [0.05, 0.1) is 11.8 Å². The van der Waals surface area contributed by atoms with E-state index in [0.29, 0.717) is 12.1 Å². The average Bonchev–Trinajstić information content (AvgIpc) is 3.01. The lowest BCUT2D eigenvalue weighted by molar-refractivity contribution is -0.122. The van der Waals surface area contributed by atoms with Gasteiger partial charge in [-0.25, -0.2) is 0 Å². The molecule has 1 saturated carbocycles. The molecule has 1 aromatic heterocycles. The summed E-state index contributed by atoms with van der Waals surface area (Å²) in [6.45, 7) is 2.43. The number of aromatic nitrogens is 2. The molecule has 2 amide bonds. The lowest BCUT2D eigenvalue weighted by Crippen LogP contribution is -2.39. The third-order valence-electron chi connectivity index (χ3n) is 4.48. The highest BCUT2D eigenvalue weighted by molar-refractivity contribution is 5.93. The van der Waals surface area contributed by atoms with Crippen LogP contribution in [0.25, 0.3) is 0 Å². The molecular weight excluding hydrogens is 294 g/mol. The Labute approximate surface area is 137 Å². The van der Waals surface area contributed by atoms with Gasteiger partial charge in [-0.2, -0.15) is 5.10 Å². The summed E-state index contributed by atoms with van der Waals surface area (Å²) in [6.07, 6.45) is 8.82. The van der Waals surface area contributed by atoms with Crippen LogP contribution in [0.15, 0.2) is 12.4 Å². The number of carbonyl (C=O) groups is 2. The number of likely N-dealkylation sites (N-methyl/N-ethyl adjacent to an activating group) is 1. The number of nitrogens with one attached hydrogen (secondary N) is 1. The van der Waals surface area contributed by atoms with E-state index in [-0.39, 0.29) is 30.4 Å². The fraction of sp³-hybridized carbons (Fsp3) is 0.688. The summed E-state index contributed by atoms with van der Waals surface area (Å²) in [5.41, 5.74) is 6.05. The predicted octanol–water partition coefficient (Wildman–Crippen LogP) is 0.751. The minimum absolute atomic E-state index is 0.0412. The fourth-order valence-electron chi connectivity index (χ4n) is 2.79. The first kappa shape index (κ1) is 17.5. The molecule has 7 nitrogen and oxygen atoms in total. The summed E-state index contributed by atoms with van der Waals surface area (Å²) in [5.74, 6) is -0.190. The molecule has 1 fully saturated rings. The van der Waals surface area contributed by atoms with Gasteiger partial charge in [0.2, 0.25) is 5.91 Å². The zero-order chi connectivity index (χ0) is 16.8. The van der Waals surface area contributed by atoms with Crippen molar-refractivity contribution < 1.29 is 9.59 Å². The van der Waals surface area contributed by atoms with Gasteiger partial charge in [-0.1, -0.05) is 19.3 Å². The fourth-order valence-corrected chi connectivity index (χ4v) is 2.79. The largest absolute Gasteiger partial charge is 0.352 e. The van der Waals surface area contributed by atoms with Gasteiger partial charge < -0.3 is 16.0 Å². The second-order valence-electron chi connectivity index (χ2n) is 6.33. The maximum atomic E-state index is 12.3. The standard InChI is InChI=1S/C16H27N5O2/c1-12(8-17)20(2)16(23)13-9-18-21(10-13)11-15(22)19-14-6-4-3-5-7-14/h9-10,12,14H,3-8,11,17H2,1-2H3,(H,19,22). The molecule has 0 aromatic carbocycles. The van der Waals surface area contributed by atoms with E-state index in [4.69, 9.17) is 5.73 Å². The molecule has 128 valence electrons. The van der Waals surface area contributed by atoms with Crippen LogP contribution in [0.2, 0.25) is 0 Å². The van der Waals surface area contributed by atoms with Crippen molar-refractivity contribution in [3.63, 3.8) is 0 Å². The summed E-state index contributed by atoms with van der Waals surface area (Å²) in [5, 5.41) is 7.16. The Morgan fingerprint density at radius 3 is 2.78 bits per heavy atom. The third kappa shape index (κ3) is 4.79. The van der Waals surface area contributed by atoms with Crippen molar-refractivity contribution >= 4 is 11.8 Å². The van der Waals surface area contributed by atoms with Crippen LogP contribution in [0.3, 0.4) is 0 Å². The Balaban J connectivity index is 1.88. The van der Waals surface area contributed by atoms with Crippen LogP contribution >= 0.6 is 0 Å². The van der Waals surface area contributed by atoms with E-state index in [2.05, 4.69) is 10.4 Å². The van der Waals surface area contributed by atoms with Crippen LogP contribution in [0.5, 0.6) is 0 Å². The highest BCUT2D eigenvalue weighted by atomic mass is 16.2. The number of hydrogen-bond donors (Lipinski definition) is 2. The lowest BCUT2D eigenvalue weighted by atomic mass is 9.95. The van der Waals surface area contributed by atoms with Gasteiger partial charge >= 0.3 is 0 Å². The van der Waals surface area contributed by atoms with Crippen LogP contribution in [0, 0.1) is 0 Å². The summed E-state index contributed by atoms with van der Waals surface area (Å²) < 4.78 is 1.51. The molecule has 1 aliphatic carbocycles. The first-order chi connectivity index (χ1) is 11.0. The summed E-state index contributed by atoms with van der Waals surface area (Å²) >= 11 is 0. The molecule has 0 spiro atoms. The minimum Gasteiger partial charge on any atom is -0.352 e. The topological polar surface area (TPSA) is 93.2 Å². The number of hydrogen-bond acceptors (Lipinski definition) is 4. The molecule has 0 radical (unpaired) electrons. The Morgan fingerprint density at radius 2 is 2.13 bits per heavy atom. The molecule has 0 bridgehead atoms. The predicted molar refractivity (Wildman–Crippen MR) is 87.9 cm³/mol. The normalized spacial score (nSPS) is 16.8. The summed E-state index contributed by atoms with van der Waals surface area (Å²) in [6, 6.07) is 0.241. The van der Waals surface area contributed by atoms with Crippen LogP contribution in [0.4, 0.5) is 0 Å². The van der Waals surface area contributed by atoms with Crippen LogP contribution in [-0.4, -0.2) is 52.2 Å². The Morgan fingerprint density at radius 1 is 1.43 bits per heavy atom. The Kier molecular flexibility index (Phi) is 6.15. The molecule has 3 N–H and O–H groups in total. The van der Waals surface area contributed by atoms with Crippen molar-refractivity contribution in [1.29, 1.82) is 0 Å². The van der Waals surface area contributed by atoms with Crippen molar-refractivity contribution in [2.24, 2.45) is 5.73 Å². The first-order valence-electron chi connectivity index (χ1n) is 8.30. The molecule has 1 atom stereocenters. The van der Waals surface area contributed by atoms with Gasteiger partial charge in [0.1, 0.15) is 6.54 Å². The van der Waals surface area contributed by atoms with Gasteiger partial charge in [-0.3, -0.25) is 14.3 Å². The number of amides is 2. The maximum Gasteiger partial charge on any atom is 0.257 e. The molecule has 23 heavy (non-hydrogen) atoms. The zero-order valence-electron chi connectivity index (χ0n) is 14.0. The molecule has 0 saturated heterocycles. The minimum atomic E-state index is -0.137. The SMILES string of the molecule is CC(CN)N(C)C(=O)c1cnn(CC(=O)NC2CCCCC2)c1. The second kappa shape index (κ2) is 8.10. The maximum absolute atomic E-state index is 12.3. The summed E-state index contributed by atoms with van der Waals surface area (Å²) in [7, 11) is 1.72. The average molecular weight is 321 g/mol. The number of rotatable bonds is 6. The van der Waals surface area contributed by atoms with E-state index in [1.165, 1.54) is 30.1 Å². The first-order valence-corrected chi connectivity index (χ1v) is 8.30. The highest BCUT2D eigenvalue weighted by Gasteiger charge is 2.19. The summed E-state index contributed by atoms with van der Waals surface area (Å²) in [4.78, 5) is 25.9. The molecule has 0 aliphatic heterocycles. The molecule has 1 aromatic rings. The number of nitrogens with zero attached hydrogens (tertiary/aromatic N) is 3. The van der Waals surface area contributed by atoms with Crippen LogP contribution in [0.1, 0.15) is 49.4 Å². The zero-order valence-corrected chi connectivity index (χ0v) is 14.0. The van der Waals surface area contributed by atoms with Crippen molar-refractivity contribution in [3.8, 4) is 0 Å². The number of carbonyl (C=O) groups excluding carboxylic acids is 2. The quantitative estimate of drug-likeness (QED) is 0.808. The molecule has 1 heterocycles. The molecule has 2 rings (SSSR count). The second-order valence-corrected chi connectivity index (χ2v) is 6.33. The van der Waals surface area contributed by atoms with Crippen molar-refractivity contribution in [1.82, 2.24) is 20.0 Å². The van der Waals surface area contributed by atoms with E-state index in [0.717, 1.165) is 12.8 Å². The Hall–Kier alpha value is -1.89. The van der Waals surface area contributed by atoms with Crippen molar-refractivity contribution in [2.45, 2.75) is 57.7 Å². The third-order valence-corrected chi connectivity index (χ3v) is 4.48. The van der Waals surface area contributed by atoms with E-state index in [1.807, 2.05) is 6.92 Å². The van der Waals surface area contributed by atoms with Crippen LogP contribution in [-0.2, 0) is 11.3 Å². The van der Waals surface area contributed by atoms with Crippen molar-refractivity contribution in [2.75, 3.05) is 13.6 Å². The Bertz CT molecular complexity index is 536. The van der Waals surface area contributed by atoms with E-state index < -0.39 is 0 Å². The van der Waals surface area contributed by atoms with Gasteiger partial charge in [-0.15, -0.1) is 0 Å². The monoisotopic (exact) mass is 321 g/mol. The highest BCUT2D eigenvalue weighted by Crippen LogP contribution is 2.17. The smallest absolute Gasteiger partial charge is 0.257 e. The molecule has 7 heteroatoms. The van der Waals surface area contributed by atoms with E-state index in [1.54, 1.807) is 18.1 Å². The van der Waals surface area contributed by atoms with Gasteiger partial charge in [0, 0.05) is 31.9 Å². The van der Waals surface area contributed by atoms with Gasteiger partial charge in [0.15, 0.2) is 0 Å². The molecule has 1 unspecified atom stereocenters. The molecule has 1 aliphatic rings. The van der Waals surface area contributed by atoms with Gasteiger partial charge in [0.25, 0.3) is 5.91 Å². The number of nitrogens with two attached hydrogens (primary N) is 1. The van der Waals surface area contributed by atoms with Crippen molar-refractivity contribution in [3.05, 3.63) is 18.0 Å². The van der Waals surface area contributed by atoms with E-state index >= 15 is 0 Å².